The molecule has 0 amide bonds. The number of hydrogen-bond acceptors (Lipinski definition) is 5. The van der Waals surface area contributed by atoms with Gasteiger partial charge >= 0.3 is 5.97 Å². The molecule has 0 saturated heterocycles. The number of fused-ring (bicyclic) bond motifs is 1. The number of nitrogens with one attached hydrogen (secondary N) is 1. The van der Waals surface area contributed by atoms with Crippen LogP contribution in [0.4, 0.5) is 0 Å². The molecule has 1 aromatic heterocycles. The molecule has 5 rings (SSSR count). The molecule has 1 saturated carbocycles. The highest BCUT2D eigenvalue weighted by Gasteiger charge is 2.44. The van der Waals surface area contributed by atoms with E-state index >= 15 is 0 Å². The maximum absolute atomic E-state index is 13.0. The Hall–Kier alpha value is -2.88. The Morgan fingerprint density at radius 2 is 1.73 bits per heavy atom. The van der Waals surface area contributed by atoms with Crippen molar-refractivity contribution < 1.29 is 18.3 Å². The Bertz CT molecular complexity index is 1710. The molecule has 0 bridgehead atoms. The third-order valence-corrected chi connectivity index (χ3v) is 10.6. The summed E-state index contributed by atoms with van der Waals surface area (Å²) in [6, 6.07) is 23.5. The van der Waals surface area contributed by atoms with Gasteiger partial charge in [-0.3, -0.25) is 4.79 Å². The number of pyridine rings is 1. The number of sulfonamides is 1. The number of nitrogens with zero attached hydrogens (tertiary/aromatic N) is 1. The van der Waals surface area contributed by atoms with Crippen LogP contribution >= 0.6 is 35.0 Å². The fourth-order valence-corrected chi connectivity index (χ4v) is 7.48. The molecular weight excluding hydrogens is 599 g/mol. The minimum atomic E-state index is -3.76. The van der Waals surface area contributed by atoms with Crippen molar-refractivity contribution >= 4 is 74.0 Å². The monoisotopic (exact) mass is 626 g/mol. The Morgan fingerprint density at radius 3 is 2.46 bits per heavy atom. The van der Waals surface area contributed by atoms with Gasteiger partial charge in [0.15, 0.2) is 0 Å². The average Bonchev–Trinajstić information content (AvgIpc) is 3.70. The molecule has 10 heteroatoms. The fraction of sp³-hybridized carbons (Fsp3) is 0.226. The summed E-state index contributed by atoms with van der Waals surface area (Å²) in [6.45, 7) is 0.152. The lowest BCUT2D eigenvalue weighted by molar-refractivity contribution is -0.138. The maximum Gasteiger partial charge on any atom is 0.303 e. The van der Waals surface area contributed by atoms with Gasteiger partial charge in [-0.25, -0.2) is 18.1 Å². The highest BCUT2D eigenvalue weighted by atomic mass is 35.5. The van der Waals surface area contributed by atoms with Crippen LogP contribution in [-0.2, 0) is 14.8 Å². The molecule has 0 radical (unpaired) electrons. The molecule has 4 aromatic rings. The number of benzene rings is 3. The summed E-state index contributed by atoms with van der Waals surface area (Å²) in [5, 5.41) is 11.2. The zero-order chi connectivity index (χ0) is 29.0. The van der Waals surface area contributed by atoms with E-state index in [4.69, 9.17) is 23.2 Å². The number of aliphatic carboxylic acids is 1. The number of aromatic nitrogens is 1. The van der Waals surface area contributed by atoms with Crippen LogP contribution in [0.1, 0.15) is 41.3 Å². The summed E-state index contributed by atoms with van der Waals surface area (Å²) in [6.07, 6.45) is 5.74. The number of rotatable bonds is 12. The van der Waals surface area contributed by atoms with Crippen LogP contribution < -0.4 is 4.72 Å². The van der Waals surface area contributed by atoms with Gasteiger partial charge in [-0.1, -0.05) is 65.7 Å². The van der Waals surface area contributed by atoms with Crippen molar-refractivity contribution in [3.8, 4) is 0 Å². The van der Waals surface area contributed by atoms with Crippen molar-refractivity contribution in [1.82, 2.24) is 9.71 Å². The van der Waals surface area contributed by atoms with Crippen molar-refractivity contribution in [3.63, 3.8) is 0 Å². The Kier molecular flexibility index (Phi) is 9.06. The molecular formula is C31H28Cl2N2O4S2. The second kappa shape index (κ2) is 12.5. The van der Waals surface area contributed by atoms with Gasteiger partial charge in [0.2, 0.25) is 10.0 Å². The van der Waals surface area contributed by atoms with Crippen LogP contribution in [0, 0.1) is 5.41 Å². The SMILES string of the molecule is O=C(O)CC1(CSC(CNS(=O)(=O)c2ccc(Cl)cc2)c2cccc(/C=C/c3ccc4ccc(Cl)cc4n3)c2)CC1. The van der Waals surface area contributed by atoms with Crippen LogP contribution in [0.15, 0.2) is 83.8 Å². The predicted octanol–water partition coefficient (Wildman–Crippen LogP) is 7.72. The van der Waals surface area contributed by atoms with E-state index in [9.17, 15) is 18.3 Å². The highest BCUT2D eigenvalue weighted by Crippen LogP contribution is 2.52. The van der Waals surface area contributed by atoms with Crippen molar-refractivity contribution in [2.24, 2.45) is 5.41 Å². The van der Waals surface area contributed by atoms with Gasteiger partial charge < -0.3 is 5.11 Å². The lowest BCUT2D eigenvalue weighted by Crippen LogP contribution is -2.28. The number of carboxylic acid groups (broad SMARTS) is 1. The summed E-state index contributed by atoms with van der Waals surface area (Å²) in [4.78, 5) is 16.2. The topological polar surface area (TPSA) is 96.4 Å². The van der Waals surface area contributed by atoms with Crippen LogP contribution in [0.3, 0.4) is 0 Å². The van der Waals surface area contributed by atoms with E-state index in [0.29, 0.717) is 15.8 Å². The second-order valence-corrected chi connectivity index (χ2v) is 14.1. The minimum absolute atomic E-state index is 0.121. The van der Waals surface area contributed by atoms with Gasteiger partial charge in [0.05, 0.1) is 22.5 Å². The second-order valence-electron chi connectivity index (χ2n) is 10.3. The van der Waals surface area contributed by atoms with Crippen molar-refractivity contribution in [2.45, 2.75) is 29.4 Å². The first-order chi connectivity index (χ1) is 19.6. The molecule has 0 spiro atoms. The van der Waals surface area contributed by atoms with E-state index < -0.39 is 16.0 Å². The molecule has 2 N–H and O–H groups in total. The van der Waals surface area contributed by atoms with Crippen LogP contribution in [0.25, 0.3) is 23.1 Å². The van der Waals surface area contributed by atoms with Gasteiger partial charge in [-0.15, -0.1) is 0 Å². The lowest BCUT2D eigenvalue weighted by atomic mass is 10.1. The number of carbonyl (C=O) groups is 1. The molecule has 1 atom stereocenters. The molecule has 1 fully saturated rings. The number of halogens is 2. The van der Waals surface area contributed by atoms with Gasteiger partial charge in [-0.05, 0) is 77.9 Å². The molecule has 1 unspecified atom stereocenters. The van der Waals surface area contributed by atoms with Crippen molar-refractivity contribution in [2.75, 3.05) is 12.3 Å². The molecule has 6 nitrogen and oxygen atoms in total. The first kappa shape index (κ1) is 29.6. The molecule has 1 heterocycles. The highest BCUT2D eigenvalue weighted by molar-refractivity contribution is 7.99. The summed E-state index contributed by atoms with van der Waals surface area (Å²) in [7, 11) is -3.76. The van der Waals surface area contributed by atoms with Gasteiger partial charge in [0.25, 0.3) is 0 Å². The number of thioether (sulfide) groups is 1. The maximum atomic E-state index is 13.0. The fourth-order valence-electron chi connectivity index (χ4n) is 4.55. The first-order valence-corrected chi connectivity index (χ1v) is 16.3. The standard InChI is InChI=1S/C31H28Cl2N2O4S2/c32-24-8-12-27(13-9-24)41(38,39)34-19-29(40-20-31(14-15-31)18-30(36)37)23-3-1-2-21(16-23)4-10-26-11-6-22-5-7-25(33)17-28(22)35-26/h1-13,16-17,29,34H,14-15,18-20H2,(H,36,37)/b10-4+. The quantitative estimate of drug-likeness (QED) is 0.167. The zero-order valence-corrected chi connectivity index (χ0v) is 25.1. The predicted molar refractivity (Wildman–Crippen MR) is 168 cm³/mol. The molecule has 0 aliphatic heterocycles. The van der Waals surface area contributed by atoms with Crippen LogP contribution in [-0.4, -0.2) is 36.8 Å². The van der Waals surface area contributed by atoms with Crippen LogP contribution in [0.2, 0.25) is 10.0 Å². The lowest BCUT2D eigenvalue weighted by Gasteiger charge is -2.21. The normalized spacial score (nSPS) is 15.3. The van der Waals surface area contributed by atoms with Gasteiger partial charge in [-0.2, -0.15) is 11.8 Å². The third kappa shape index (κ3) is 7.90. The molecule has 212 valence electrons. The van der Waals surface area contributed by atoms with E-state index in [1.54, 1.807) is 23.9 Å². The van der Waals surface area contributed by atoms with Gasteiger partial charge in [0, 0.05) is 33.0 Å². The van der Waals surface area contributed by atoms with E-state index in [1.807, 2.05) is 66.7 Å². The third-order valence-electron chi connectivity index (χ3n) is 7.06. The molecule has 3 aromatic carbocycles. The molecule has 41 heavy (non-hydrogen) atoms. The first-order valence-electron chi connectivity index (χ1n) is 13.0. The summed E-state index contributed by atoms with van der Waals surface area (Å²) in [5.41, 5.74) is 3.25. The van der Waals surface area contributed by atoms with Crippen molar-refractivity contribution in [1.29, 1.82) is 0 Å². The Labute approximate surface area is 253 Å². The summed E-state index contributed by atoms with van der Waals surface area (Å²) in [5.74, 6) is -0.171. The Morgan fingerprint density at radius 1 is 1.00 bits per heavy atom. The van der Waals surface area contributed by atoms with E-state index in [1.165, 1.54) is 12.1 Å². The number of carboxylic acids is 1. The number of hydrogen-bond donors (Lipinski definition) is 2. The summed E-state index contributed by atoms with van der Waals surface area (Å²) >= 11 is 13.7. The molecule has 1 aliphatic carbocycles. The summed E-state index contributed by atoms with van der Waals surface area (Å²) < 4.78 is 28.8. The smallest absolute Gasteiger partial charge is 0.303 e. The minimum Gasteiger partial charge on any atom is -0.481 e. The largest absolute Gasteiger partial charge is 0.481 e. The van der Waals surface area contributed by atoms with Crippen LogP contribution in [0.5, 0.6) is 0 Å². The van der Waals surface area contributed by atoms with E-state index in [-0.39, 0.29) is 28.5 Å². The molecule has 1 aliphatic rings. The van der Waals surface area contributed by atoms with Gasteiger partial charge in [0.1, 0.15) is 0 Å². The average molecular weight is 628 g/mol. The van der Waals surface area contributed by atoms with Crippen molar-refractivity contribution in [3.05, 3.63) is 106 Å². The Balaban J connectivity index is 1.36. The zero-order valence-electron chi connectivity index (χ0n) is 22.0. The van der Waals surface area contributed by atoms with E-state index in [0.717, 1.165) is 40.6 Å². The van der Waals surface area contributed by atoms with E-state index in [2.05, 4.69) is 9.71 Å².